The number of amides is 2. The summed E-state index contributed by atoms with van der Waals surface area (Å²) in [6.45, 7) is 3.53. The summed E-state index contributed by atoms with van der Waals surface area (Å²) in [4.78, 5) is 32.4. The van der Waals surface area contributed by atoms with Crippen LogP contribution >= 0.6 is 11.6 Å². The zero-order valence-corrected chi connectivity index (χ0v) is 22.7. The number of piperidine rings is 1. The summed E-state index contributed by atoms with van der Waals surface area (Å²) in [5.41, 5.74) is -2.79. The maximum Gasteiger partial charge on any atom is 0.430 e. The number of benzene rings is 2. The summed E-state index contributed by atoms with van der Waals surface area (Å²) >= 11 is 6.39. The maximum absolute atomic E-state index is 13.9. The first-order valence-corrected chi connectivity index (χ1v) is 13.4. The zero-order chi connectivity index (χ0) is 28.2. The first-order valence-electron chi connectivity index (χ1n) is 13.0. The number of likely N-dealkylation sites (tertiary alicyclic amines) is 2. The number of rotatable bonds is 5. The van der Waals surface area contributed by atoms with E-state index in [0.29, 0.717) is 16.6 Å². The molecule has 0 bridgehead atoms. The summed E-state index contributed by atoms with van der Waals surface area (Å²) in [7, 11) is 3.37. The summed E-state index contributed by atoms with van der Waals surface area (Å²) in [5.74, 6) is -1.45. The fourth-order valence-corrected chi connectivity index (χ4v) is 6.36. The number of aliphatic hydroxyl groups is 1. The molecule has 2 aromatic carbocycles. The Balaban J connectivity index is 1.14. The standard InChI is InChI=1S/C28H32ClF3N4O3/c1-33(2)24(37)22-9-8-21(14-23(22)29)34-12-10-20(11-13-34)35-15-26(16-35)17-36(18-26)25(38)27(39,28(30,31)32)19-6-4-3-5-7-19/h3-9,14,20,39H,10-13,15-18H2,1-2H3/t27-/m1/s1. The van der Waals surface area contributed by atoms with Crippen LogP contribution in [-0.2, 0) is 10.4 Å². The minimum atomic E-state index is -5.12. The molecule has 3 saturated heterocycles. The summed E-state index contributed by atoms with van der Waals surface area (Å²) in [6.07, 6.45) is -3.27. The summed E-state index contributed by atoms with van der Waals surface area (Å²) in [5, 5.41) is 11.0. The molecule has 3 aliphatic heterocycles. The third-order valence-electron chi connectivity index (χ3n) is 8.26. The molecule has 0 aromatic heterocycles. The zero-order valence-electron chi connectivity index (χ0n) is 21.9. The molecular formula is C28H32ClF3N4O3. The van der Waals surface area contributed by atoms with Crippen molar-refractivity contribution in [2.24, 2.45) is 5.41 Å². The van der Waals surface area contributed by atoms with Crippen LogP contribution in [0.1, 0.15) is 28.8 Å². The Labute approximate surface area is 230 Å². The van der Waals surface area contributed by atoms with Crippen molar-refractivity contribution in [2.45, 2.75) is 30.7 Å². The largest absolute Gasteiger partial charge is 0.430 e. The van der Waals surface area contributed by atoms with Crippen LogP contribution in [0.25, 0.3) is 0 Å². The molecule has 210 valence electrons. The van der Waals surface area contributed by atoms with Gasteiger partial charge in [0.1, 0.15) is 0 Å². The number of nitrogens with zero attached hydrogens (tertiary/aromatic N) is 4. The van der Waals surface area contributed by atoms with Crippen LogP contribution in [0.4, 0.5) is 18.9 Å². The van der Waals surface area contributed by atoms with E-state index in [4.69, 9.17) is 11.6 Å². The Morgan fingerprint density at radius 3 is 2.15 bits per heavy atom. The van der Waals surface area contributed by atoms with Crippen LogP contribution in [0.2, 0.25) is 5.02 Å². The number of alkyl halides is 3. The van der Waals surface area contributed by atoms with Crippen molar-refractivity contribution in [3.8, 4) is 0 Å². The lowest BCUT2D eigenvalue weighted by atomic mass is 9.70. The quantitative estimate of drug-likeness (QED) is 0.601. The van der Waals surface area contributed by atoms with Gasteiger partial charge in [-0.05, 0) is 31.0 Å². The minimum absolute atomic E-state index is 0.142. The monoisotopic (exact) mass is 564 g/mol. The van der Waals surface area contributed by atoms with E-state index in [-0.39, 0.29) is 24.4 Å². The van der Waals surface area contributed by atoms with E-state index in [1.807, 2.05) is 12.1 Å². The van der Waals surface area contributed by atoms with E-state index < -0.39 is 23.2 Å². The van der Waals surface area contributed by atoms with Gasteiger partial charge in [-0.1, -0.05) is 41.9 Å². The Morgan fingerprint density at radius 1 is 1.00 bits per heavy atom. The Bertz CT molecular complexity index is 1240. The molecule has 3 heterocycles. The first kappa shape index (κ1) is 27.7. The number of halogens is 4. The molecule has 39 heavy (non-hydrogen) atoms. The molecule has 0 aliphatic carbocycles. The highest BCUT2D eigenvalue weighted by Gasteiger charge is 2.65. The van der Waals surface area contributed by atoms with Gasteiger partial charge in [0.2, 0.25) is 0 Å². The molecule has 1 atom stereocenters. The summed E-state index contributed by atoms with van der Waals surface area (Å²) in [6, 6.07) is 12.4. The van der Waals surface area contributed by atoms with Crippen molar-refractivity contribution >= 4 is 29.1 Å². The number of carbonyl (C=O) groups excluding carboxylic acids is 2. The number of hydrogen-bond donors (Lipinski definition) is 1. The van der Waals surface area contributed by atoms with Crippen molar-refractivity contribution in [1.29, 1.82) is 0 Å². The van der Waals surface area contributed by atoms with E-state index in [0.717, 1.165) is 61.7 Å². The van der Waals surface area contributed by atoms with Crippen molar-refractivity contribution in [3.05, 3.63) is 64.7 Å². The molecule has 3 aliphatic rings. The van der Waals surface area contributed by atoms with Crippen molar-refractivity contribution in [2.75, 3.05) is 58.3 Å². The second-order valence-electron chi connectivity index (χ2n) is 11.2. The highest BCUT2D eigenvalue weighted by Crippen LogP contribution is 2.47. The molecule has 0 radical (unpaired) electrons. The lowest BCUT2D eigenvalue weighted by Gasteiger charge is -2.63. The van der Waals surface area contributed by atoms with Gasteiger partial charge in [-0.3, -0.25) is 14.5 Å². The molecule has 7 nitrogen and oxygen atoms in total. The van der Waals surface area contributed by atoms with Gasteiger partial charge in [0.15, 0.2) is 0 Å². The van der Waals surface area contributed by atoms with Crippen LogP contribution in [0.5, 0.6) is 0 Å². The molecule has 0 saturated carbocycles. The molecule has 2 amide bonds. The molecule has 3 fully saturated rings. The van der Waals surface area contributed by atoms with Gasteiger partial charge in [-0.25, -0.2) is 0 Å². The molecule has 0 unspecified atom stereocenters. The van der Waals surface area contributed by atoms with E-state index in [9.17, 15) is 27.9 Å². The Hall–Kier alpha value is -2.82. The van der Waals surface area contributed by atoms with Gasteiger partial charge in [0.25, 0.3) is 17.4 Å². The molecular weight excluding hydrogens is 533 g/mol. The molecule has 2 aromatic rings. The van der Waals surface area contributed by atoms with Crippen LogP contribution in [0.3, 0.4) is 0 Å². The lowest BCUT2D eigenvalue weighted by Crippen LogP contribution is -2.76. The number of carbonyl (C=O) groups is 2. The summed E-state index contributed by atoms with van der Waals surface area (Å²) < 4.78 is 41.7. The molecule has 1 spiro atoms. The second kappa shape index (κ2) is 9.98. The van der Waals surface area contributed by atoms with Crippen molar-refractivity contribution < 1.29 is 27.9 Å². The van der Waals surface area contributed by atoms with Gasteiger partial charge in [-0.2, -0.15) is 13.2 Å². The predicted molar refractivity (Wildman–Crippen MR) is 142 cm³/mol. The van der Waals surface area contributed by atoms with Gasteiger partial charge >= 0.3 is 6.18 Å². The average molecular weight is 565 g/mol. The highest BCUT2D eigenvalue weighted by atomic mass is 35.5. The van der Waals surface area contributed by atoms with Crippen LogP contribution < -0.4 is 4.90 Å². The third kappa shape index (κ3) is 4.87. The van der Waals surface area contributed by atoms with E-state index >= 15 is 0 Å². The minimum Gasteiger partial charge on any atom is -0.371 e. The number of hydrogen-bond acceptors (Lipinski definition) is 5. The third-order valence-corrected chi connectivity index (χ3v) is 8.58. The fourth-order valence-electron chi connectivity index (χ4n) is 6.10. The first-order chi connectivity index (χ1) is 18.3. The second-order valence-corrected chi connectivity index (χ2v) is 11.6. The highest BCUT2D eigenvalue weighted by molar-refractivity contribution is 6.34. The lowest BCUT2D eigenvalue weighted by molar-refractivity contribution is -0.268. The molecule has 1 N–H and O–H groups in total. The Kier molecular flexibility index (Phi) is 7.10. The average Bonchev–Trinajstić information content (AvgIpc) is 2.86. The maximum atomic E-state index is 13.9. The van der Waals surface area contributed by atoms with E-state index in [2.05, 4.69) is 9.80 Å². The predicted octanol–water partition coefficient (Wildman–Crippen LogP) is 3.60. The normalized spacial score (nSPS) is 21.2. The van der Waals surface area contributed by atoms with Gasteiger partial charge in [0, 0.05) is 76.1 Å². The van der Waals surface area contributed by atoms with Gasteiger partial charge in [0.05, 0.1) is 10.6 Å². The van der Waals surface area contributed by atoms with Crippen molar-refractivity contribution in [3.63, 3.8) is 0 Å². The van der Waals surface area contributed by atoms with E-state index in [1.54, 1.807) is 20.2 Å². The SMILES string of the molecule is CN(C)C(=O)c1ccc(N2CCC(N3CC4(CN(C(=O)[C@](O)(c5ccccc5)C(F)(F)F)C4)C3)CC2)cc1Cl. The van der Waals surface area contributed by atoms with Crippen LogP contribution in [-0.4, -0.2) is 97.2 Å². The Morgan fingerprint density at radius 2 is 1.62 bits per heavy atom. The fraction of sp³-hybridized carbons (Fsp3) is 0.500. The van der Waals surface area contributed by atoms with Crippen molar-refractivity contribution in [1.82, 2.24) is 14.7 Å². The molecule has 11 heteroatoms. The molecule has 5 rings (SSSR count). The van der Waals surface area contributed by atoms with Gasteiger partial charge < -0.3 is 19.8 Å². The van der Waals surface area contributed by atoms with E-state index in [1.165, 1.54) is 23.1 Å². The van der Waals surface area contributed by atoms with Crippen LogP contribution in [0, 0.1) is 5.41 Å². The smallest absolute Gasteiger partial charge is 0.371 e. The van der Waals surface area contributed by atoms with Gasteiger partial charge in [-0.15, -0.1) is 0 Å². The number of anilines is 1. The topological polar surface area (TPSA) is 67.3 Å². The van der Waals surface area contributed by atoms with Crippen LogP contribution in [0.15, 0.2) is 48.5 Å².